The van der Waals surface area contributed by atoms with Gasteiger partial charge in [-0.2, -0.15) is 0 Å². The molecule has 2 aliphatic carbocycles. The molecule has 4 heteroatoms. The van der Waals surface area contributed by atoms with E-state index >= 15 is 0 Å². The van der Waals surface area contributed by atoms with Crippen LogP contribution in [0.4, 0.5) is 0 Å². The highest BCUT2D eigenvalue weighted by Crippen LogP contribution is 2.40. The van der Waals surface area contributed by atoms with Crippen LogP contribution in [0.25, 0.3) is 0 Å². The van der Waals surface area contributed by atoms with E-state index in [1.54, 1.807) is 0 Å². The minimum atomic E-state index is -0.450. The summed E-state index contributed by atoms with van der Waals surface area (Å²) in [7, 11) is 0. The second kappa shape index (κ2) is 9.93. The maximum absolute atomic E-state index is 11.8. The molecule has 0 aromatic rings. The van der Waals surface area contributed by atoms with Gasteiger partial charge in [0.25, 0.3) is 0 Å². The number of rotatable bonds is 8. The highest BCUT2D eigenvalue weighted by atomic mass is 16.6. The normalized spacial score (nSPS) is 27.0. The fourth-order valence-corrected chi connectivity index (χ4v) is 5.10. The van der Waals surface area contributed by atoms with Crippen molar-refractivity contribution in [3.63, 3.8) is 0 Å². The molecule has 27 heavy (non-hydrogen) atoms. The van der Waals surface area contributed by atoms with Crippen molar-refractivity contribution >= 4 is 11.9 Å². The van der Waals surface area contributed by atoms with Crippen LogP contribution in [0.5, 0.6) is 0 Å². The summed E-state index contributed by atoms with van der Waals surface area (Å²) in [6.07, 6.45) is 11.5. The summed E-state index contributed by atoms with van der Waals surface area (Å²) in [6.45, 7) is 10.1. The van der Waals surface area contributed by atoms with Crippen LogP contribution in [-0.4, -0.2) is 25.2 Å². The quantitative estimate of drug-likeness (QED) is 0.402. The summed E-state index contributed by atoms with van der Waals surface area (Å²) in [5.41, 5.74) is 0.814. The van der Waals surface area contributed by atoms with E-state index in [1.165, 1.54) is 51.4 Å². The largest absolute Gasteiger partial charge is 0.465 e. The number of hydrogen-bond donors (Lipinski definition) is 0. The van der Waals surface area contributed by atoms with E-state index in [1.807, 2.05) is 0 Å². The smallest absolute Gasteiger partial charge is 0.317 e. The van der Waals surface area contributed by atoms with Gasteiger partial charge < -0.3 is 9.47 Å². The van der Waals surface area contributed by atoms with Crippen molar-refractivity contribution in [2.24, 2.45) is 22.7 Å². The highest BCUT2D eigenvalue weighted by Gasteiger charge is 2.29. The van der Waals surface area contributed by atoms with Gasteiger partial charge in [-0.15, -0.1) is 0 Å². The first-order valence-corrected chi connectivity index (χ1v) is 11.0. The average Bonchev–Trinajstić information content (AvgIpc) is 2.53. The van der Waals surface area contributed by atoms with E-state index < -0.39 is 11.9 Å². The maximum Gasteiger partial charge on any atom is 0.317 e. The first kappa shape index (κ1) is 22.2. The van der Waals surface area contributed by atoms with Gasteiger partial charge in [-0.3, -0.25) is 9.59 Å². The third-order valence-electron chi connectivity index (χ3n) is 6.48. The zero-order chi connectivity index (χ0) is 19.9. The van der Waals surface area contributed by atoms with E-state index in [2.05, 4.69) is 27.7 Å². The maximum atomic E-state index is 11.8. The zero-order valence-electron chi connectivity index (χ0n) is 18.0. The third-order valence-corrected chi connectivity index (χ3v) is 6.48. The molecule has 2 atom stereocenters. The minimum absolute atomic E-state index is 0.258. The van der Waals surface area contributed by atoms with Gasteiger partial charge in [0.1, 0.15) is 6.42 Å². The molecule has 2 saturated carbocycles. The molecule has 0 N–H and O–H groups in total. The summed E-state index contributed by atoms with van der Waals surface area (Å²) in [5.74, 6) is 0.365. The van der Waals surface area contributed by atoms with E-state index in [9.17, 15) is 9.59 Å². The Hall–Kier alpha value is -1.06. The SMILES string of the molecule is CC1(C)CCCC(CCOC(=O)CC(=O)OCCC2CCCC(C)(C)C2)C1. The fraction of sp³-hybridized carbons (Fsp3) is 0.913. The van der Waals surface area contributed by atoms with E-state index in [0.29, 0.717) is 35.9 Å². The highest BCUT2D eigenvalue weighted by molar-refractivity contribution is 5.91. The Morgan fingerprint density at radius 1 is 0.778 bits per heavy atom. The minimum Gasteiger partial charge on any atom is -0.465 e. The second-order valence-electron chi connectivity index (χ2n) is 10.4. The van der Waals surface area contributed by atoms with Crippen molar-refractivity contribution in [3.05, 3.63) is 0 Å². The van der Waals surface area contributed by atoms with Crippen LogP contribution in [0, 0.1) is 22.7 Å². The number of carbonyl (C=O) groups excluding carboxylic acids is 2. The molecule has 2 rings (SSSR count). The van der Waals surface area contributed by atoms with Gasteiger partial charge in [0.15, 0.2) is 0 Å². The van der Waals surface area contributed by atoms with Crippen LogP contribution in [0.2, 0.25) is 0 Å². The summed E-state index contributed by atoms with van der Waals surface area (Å²) in [6, 6.07) is 0. The molecular formula is C23H40O4. The second-order valence-corrected chi connectivity index (χ2v) is 10.4. The molecule has 4 nitrogen and oxygen atoms in total. The summed E-state index contributed by atoms with van der Waals surface area (Å²) in [4.78, 5) is 23.7. The fourth-order valence-electron chi connectivity index (χ4n) is 5.10. The Morgan fingerprint density at radius 2 is 1.19 bits per heavy atom. The zero-order valence-corrected chi connectivity index (χ0v) is 18.0. The monoisotopic (exact) mass is 380 g/mol. The first-order valence-electron chi connectivity index (χ1n) is 11.0. The molecule has 0 radical (unpaired) electrons. The van der Waals surface area contributed by atoms with Crippen LogP contribution < -0.4 is 0 Å². The van der Waals surface area contributed by atoms with Gasteiger partial charge in [-0.25, -0.2) is 0 Å². The molecule has 0 spiro atoms. The predicted molar refractivity (Wildman–Crippen MR) is 107 cm³/mol. The molecule has 0 bridgehead atoms. The van der Waals surface area contributed by atoms with Gasteiger partial charge in [0, 0.05) is 0 Å². The molecule has 2 aliphatic rings. The van der Waals surface area contributed by atoms with Gasteiger partial charge in [-0.05, 0) is 61.2 Å². The molecule has 0 aromatic heterocycles. The van der Waals surface area contributed by atoms with Crippen molar-refractivity contribution in [1.29, 1.82) is 0 Å². The molecule has 2 fully saturated rings. The van der Waals surface area contributed by atoms with Crippen molar-refractivity contribution in [1.82, 2.24) is 0 Å². The number of ether oxygens (including phenoxy) is 2. The van der Waals surface area contributed by atoms with Crippen molar-refractivity contribution in [2.75, 3.05) is 13.2 Å². The van der Waals surface area contributed by atoms with Crippen LogP contribution in [0.3, 0.4) is 0 Å². The Morgan fingerprint density at radius 3 is 1.56 bits per heavy atom. The molecule has 0 saturated heterocycles. The van der Waals surface area contributed by atoms with Gasteiger partial charge in [-0.1, -0.05) is 53.4 Å². The molecule has 156 valence electrons. The molecule has 0 aromatic carbocycles. The molecular weight excluding hydrogens is 340 g/mol. The topological polar surface area (TPSA) is 52.6 Å². The van der Waals surface area contributed by atoms with E-state index in [0.717, 1.165) is 12.8 Å². The Bertz CT molecular complexity index is 451. The summed E-state index contributed by atoms with van der Waals surface area (Å²) in [5, 5.41) is 0. The lowest BCUT2D eigenvalue weighted by atomic mass is 9.71. The lowest BCUT2D eigenvalue weighted by Gasteiger charge is -2.35. The van der Waals surface area contributed by atoms with Crippen molar-refractivity contribution < 1.29 is 19.1 Å². The third kappa shape index (κ3) is 8.66. The average molecular weight is 381 g/mol. The predicted octanol–water partition coefficient (Wildman–Crippen LogP) is 5.68. The summed E-state index contributed by atoms with van der Waals surface area (Å²) >= 11 is 0. The number of esters is 2. The number of carbonyl (C=O) groups is 2. The van der Waals surface area contributed by atoms with E-state index in [4.69, 9.17) is 9.47 Å². The molecule has 0 heterocycles. The molecule has 0 aliphatic heterocycles. The Labute approximate surface area is 165 Å². The lowest BCUT2D eigenvalue weighted by Crippen LogP contribution is -2.24. The van der Waals surface area contributed by atoms with Gasteiger partial charge in [0.05, 0.1) is 13.2 Å². The Balaban J connectivity index is 1.54. The van der Waals surface area contributed by atoms with Crippen LogP contribution in [-0.2, 0) is 19.1 Å². The van der Waals surface area contributed by atoms with Gasteiger partial charge >= 0.3 is 11.9 Å². The van der Waals surface area contributed by atoms with Crippen LogP contribution in [0.1, 0.15) is 98.3 Å². The standard InChI is InChI=1S/C23H40O4/c1-22(2)11-5-7-18(16-22)9-13-26-20(24)15-21(25)27-14-10-19-8-6-12-23(3,4)17-19/h18-19H,5-17H2,1-4H3. The van der Waals surface area contributed by atoms with Gasteiger partial charge in [0.2, 0.25) is 0 Å². The Kier molecular flexibility index (Phi) is 8.18. The van der Waals surface area contributed by atoms with Crippen LogP contribution in [0.15, 0.2) is 0 Å². The van der Waals surface area contributed by atoms with E-state index in [-0.39, 0.29) is 6.42 Å². The van der Waals surface area contributed by atoms with Crippen molar-refractivity contribution in [3.8, 4) is 0 Å². The molecule has 0 amide bonds. The number of hydrogen-bond acceptors (Lipinski definition) is 4. The van der Waals surface area contributed by atoms with Crippen LogP contribution >= 0.6 is 0 Å². The van der Waals surface area contributed by atoms with Crippen molar-refractivity contribution in [2.45, 2.75) is 98.3 Å². The molecule has 2 unspecified atom stereocenters. The summed E-state index contributed by atoms with van der Waals surface area (Å²) < 4.78 is 10.5. The first-order chi connectivity index (χ1) is 12.7. The lowest BCUT2D eigenvalue weighted by molar-refractivity contribution is -0.155.